The van der Waals surface area contributed by atoms with E-state index in [4.69, 9.17) is 5.11 Å². The summed E-state index contributed by atoms with van der Waals surface area (Å²) in [5, 5.41) is 11.4. The highest BCUT2D eigenvalue weighted by atomic mass is 19.1. The van der Waals surface area contributed by atoms with Gasteiger partial charge in [-0.1, -0.05) is 0 Å². The first kappa shape index (κ1) is 16.8. The zero-order chi connectivity index (χ0) is 17.3. The molecule has 1 aromatic carbocycles. The normalized spacial score (nSPS) is 22.6. The van der Waals surface area contributed by atoms with E-state index >= 15 is 0 Å². The molecule has 0 aromatic heterocycles. The minimum absolute atomic E-state index is 0.0811. The number of hydrogen-bond acceptors (Lipinski definition) is 4. The Bertz CT molecular complexity index is 634. The number of rotatable bonds is 3. The molecule has 5 nitrogen and oxygen atoms in total. The Hall–Kier alpha value is -2.02. The van der Waals surface area contributed by atoms with E-state index in [-0.39, 0.29) is 42.5 Å². The molecule has 1 atom stereocenters. The Morgan fingerprint density at radius 1 is 1.12 bits per heavy atom. The van der Waals surface area contributed by atoms with Gasteiger partial charge in [-0.3, -0.25) is 14.9 Å². The predicted octanol–water partition coefficient (Wildman–Crippen LogP) is 1.69. The van der Waals surface area contributed by atoms with E-state index in [1.807, 2.05) is 0 Å². The highest BCUT2D eigenvalue weighted by molar-refractivity contribution is 6.00. The molecule has 2 fully saturated rings. The summed E-state index contributed by atoms with van der Waals surface area (Å²) in [5.41, 5.74) is 0.173. The van der Waals surface area contributed by atoms with Gasteiger partial charge in [-0.2, -0.15) is 0 Å². The SMILES string of the molecule is O=C1CCC(c2cc(F)c(N3CCC(CO)CC3)c(F)c2)C(=O)N1. The van der Waals surface area contributed by atoms with E-state index < -0.39 is 23.5 Å². The fourth-order valence-corrected chi connectivity index (χ4v) is 3.44. The molecule has 1 aromatic rings. The fourth-order valence-electron chi connectivity index (χ4n) is 3.44. The maximum Gasteiger partial charge on any atom is 0.234 e. The summed E-state index contributed by atoms with van der Waals surface area (Å²) in [4.78, 5) is 24.7. The van der Waals surface area contributed by atoms with Gasteiger partial charge in [0.25, 0.3) is 0 Å². The predicted molar refractivity (Wildman–Crippen MR) is 83.5 cm³/mol. The van der Waals surface area contributed by atoms with Crippen molar-refractivity contribution >= 4 is 17.5 Å². The Morgan fingerprint density at radius 3 is 2.29 bits per heavy atom. The van der Waals surface area contributed by atoms with Crippen molar-refractivity contribution in [1.29, 1.82) is 0 Å². The minimum atomic E-state index is -0.708. The number of halogens is 2. The molecule has 1 unspecified atom stereocenters. The largest absolute Gasteiger partial charge is 0.396 e. The average molecular weight is 338 g/mol. The molecule has 0 bridgehead atoms. The van der Waals surface area contributed by atoms with Gasteiger partial charge in [0.15, 0.2) is 0 Å². The number of carbonyl (C=O) groups is 2. The summed E-state index contributed by atoms with van der Waals surface area (Å²) in [6.45, 7) is 1.06. The lowest BCUT2D eigenvalue weighted by Gasteiger charge is -2.33. The number of anilines is 1. The molecule has 0 spiro atoms. The second kappa shape index (κ2) is 6.84. The average Bonchev–Trinajstić information content (AvgIpc) is 2.54. The first-order valence-electron chi connectivity index (χ1n) is 8.18. The van der Waals surface area contributed by atoms with Crippen molar-refractivity contribution in [2.75, 3.05) is 24.6 Å². The third-order valence-corrected chi connectivity index (χ3v) is 4.87. The molecule has 2 N–H and O–H groups in total. The van der Waals surface area contributed by atoms with Gasteiger partial charge in [-0.05, 0) is 42.9 Å². The van der Waals surface area contributed by atoms with Crippen LogP contribution in [0.3, 0.4) is 0 Å². The van der Waals surface area contributed by atoms with Gasteiger partial charge in [0.1, 0.15) is 17.3 Å². The molecule has 0 aliphatic carbocycles. The molecule has 7 heteroatoms. The smallest absolute Gasteiger partial charge is 0.234 e. The number of aliphatic hydroxyl groups is 1. The molecule has 0 radical (unpaired) electrons. The van der Waals surface area contributed by atoms with E-state index in [0.29, 0.717) is 25.9 Å². The summed E-state index contributed by atoms with van der Waals surface area (Å²) < 4.78 is 29.0. The molecular formula is C17H20F2N2O3. The number of benzene rings is 1. The third kappa shape index (κ3) is 3.26. The standard InChI is InChI=1S/C17H20F2N2O3/c18-13-7-11(12-1-2-15(23)20-17(12)24)8-14(19)16(13)21-5-3-10(9-22)4-6-21/h7-8,10,12,22H,1-6,9H2,(H,20,23,24). The number of aliphatic hydroxyl groups excluding tert-OH is 1. The molecule has 2 saturated heterocycles. The Balaban J connectivity index is 1.82. The van der Waals surface area contributed by atoms with Crippen LogP contribution in [0, 0.1) is 17.6 Å². The maximum absolute atomic E-state index is 14.5. The van der Waals surface area contributed by atoms with E-state index in [1.54, 1.807) is 4.90 Å². The van der Waals surface area contributed by atoms with Crippen LogP contribution < -0.4 is 10.2 Å². The van der Waals surface area contributed by atoms with Crippen LogP contribution >= 0.6 is 0 Å². The Kier molecular flexibility index (Phi) is 4.80. The molecule has 2 aliphatic heterocycles. The summed E-state index contributed by atoms with van der Waals surface area (Å²) in [7, 11) is 0. The number of nitrogens with one attached hydrogen (secondary N) is 1. The number of imide groups is 1. The van der Waals surface area contributed by atoms with Crippen LogP contribution in [0.2, 0.25) is 0 Å². The fraction of sp³-hybridized carbons (Fsp3) is 0.529. The topological polar surface area (TPSA) is 69.6 Å². The molecule has 2 aliphatic rings. The monoisotopic (exact) mass is 338 g/mol. The van der Waals surface area contributed by atoms with E-state index in [0.717, 1.165) is 0 Å². The van der Waals surface area contributed by atoms with Gasteiger partial charge in [-0.15, -0.1) is 0 Å². The number of hydrogen-bond donors (Lipinski definition) is 2. The second-order valence-electron chi connectivity index (χ2n) is 6.45. The van der Waals surface area contributed by atoms with Crippen molar-refractivity contribution in [2.24, 2.45) is 5.92 Å². The van der Waals surface area contributed by atoms with Gasteiger partial charge in [-0.25, -0.2) is 8.78 Å². The minimum Gasteiger partial charge on any atom is -0.396 e. The zero-order valence-electron chi connectivity index (χ0n) is 13.2. The van der Waals surface area contributed by atoms with Crippen LogP contribution in [0.25, 0.3) is 0 Å². The maximum atomic E-state index is 14.5. The molecule has 130 valence electrons. The van der Waals surface area contributed by atoms with Crippen molar-refractivity contribution in [2.45, 2.75) is 31.6 Å². The highest BCUT2D eigenvalue weighted by Crippen LogP contribution is 2.33. The van der Waals surface area contributed by atoms with Crippen molar-refractivity contribution < 1.29 is 23.5 Å². The summed E-state index contributed by atoms with van der Waals surface area (Å²) in [5.74, 6) is -2.80. The Labute approximate surface area is 138 Å². The molecule has 24 heavy (non-hydrogen) atoms. The molecule has 3 rings (SSSR count). The van der Waals surface area contributed by atoms with Crippen LogP contribution in [0.4, 0.5) is 14.5 Å². The molecule has 2 heterocycles. The highest BCUT2D eigenvalue weighted by Gasteiger charge is 2.30. The number of carbonyl (C=O) groups excluding carboxylic acids is 2. The van der Waals surface area contributed by atoms with Crippen LogP contribution in [0.5, 0.6) is 0 Å². The lowest BCUT2D eigenvalue weighted by atomic mass is 9.90. The van der Waals surface area contributed by atoms with Gasteiger partial charge in [0, 0.05) is 26.1 Å². The quantitative estimate of drug-likeness (QED) is 0.823. The van der Waals surface area contributed by atoms with Gasteiger partial charge >= 0.3 is 0 Å². The van der Waals surface area contributed by atoms with Crippen molar-refractivity contribution in [3.8, 4) is 0 Å². The first-order chi connectivity index (χ1) is 11.5. The first-order valence-corrected chi connectivity index (χ1v) is 8.18. The molecule has 2 amide bonds. The molecule has 0 saturated carbocycles. The zero-order valence-corrected chi connectivity index (χ0v) is 13.2. The summed E-state index contributed by atoms with van der Waals surface area (Å²) in [6.07, 6.45) is 1.79. The summed E-state index contributed by atoms with van der Waals surface area (Å²) >= 11 is 0. The lowest BCUT2D eigenvalue weighted by molar-refractivity contribution is -0.134. The third-order valence-electron chi connectivity index (χ3n) is 4.87. The van der Waals surface area contributed by atoms with E-state index in [9.17, 15) is 18.4 Å². The number of piperidine rings is 2. The second-order valence-corrected chi connectivity index (χ2v) is 6.45. The van der Waals surface area contributed by atoms with Crippen molar-refractivity contribution in [1.82, 2.24) is 5.32 Å². The van der Waals surface area contributed by atoms with Gasteiger partial charge < -0.3 is 10.0 Å². The lowest BCUT2D eigenvalue weighted by Crippen LogP contribution is -2.39. The Morgan fingerprint density at radius 2 is 1.75 bits per heavy atom. The van der Waals surface area contributed by atoms with Crippen LogP contribution in [0.1, 0.15) is 37.2 Å². The van der Waals surface area contributed by atoms with Gasteiger partial charge in [0.2, 0.25) is 11.8 Å². The van der Waals surface area contributed by atoms with Gasteiger partial charge in [0.05, 0.1) is 5.92 Å². The van der Waals surface area contributed by atoms with Crippen molar-refractivity contribution in [3.05, 3.63) is 29.3 Å². The van der Waals surface area contributed by atoms with E-state index in [2.05, 4.69) is 5.32 Å². The summed E-state index contributed by atoms with van der Waals surface area (Å²) in [6, 6.07) is 2.38. The molecular weight excluding hydrogens is 318 g/mol. The number of nitrogens with zero attached hydrogens (tertiary/aromatic N) is 1. The van der Waals surface area contributed by atoms with Crippen LogP contribution in [0.15, 0.2) is 12.1 Å². The van der Waals surface area contributed by atoms with E-state index in [1.165, 1.54) is 12.1 Å². The van der Waals surface area contributed by atoms with Crippen molar-refractivity contribution in [3.63, 3.8) is 0 Å². The number of amides is 2. The van der Waals surface area contributed by atoms with Crippen LogP contribution in [-0.4, -0.2) is 36.6 Å². The van der Waals surface area contributed by atoms with Crippen LogP contribution in [-0.2, 0) is 9.59 Å².